The van der Waals surface area contributed by atoms with Gasteiger partial charge in [0.1, 0.15) is 5.84 Å². The summed E-state index contributed by atoms with van der Waals surface area (Å²) < 4.78 is 0. The van der Waals surface area contributed by atoms with Crippen LogP contribution in [-0.4, -0.2) is 12.9 Å². The average molecular weight is 507 g/mol. The van der Waals surface area contributed by atoms with Gasteiger partial charge in [0.2, 0.25) is 0 Å². The third kappa shape index (κ3) is 4.08. The molecule has 6 rings (SSSR count). The summed E-state index contributed by atoms with van der Waals surface area (Å²) in [5.41, 5.74) is 22.4. The first-order valence-electron chi connectivity index (χ1n) is 13.6. The van der Waals surface area contributed by atoms with E-state index in [9.17, 15) is 0 Å². The van der Waals surface area contributed by atoms with Crippen LogP contribution in [0.3, 0.4) is 0 Å². The van der Waals surface area contributed by atoms with Gasteiger partial charge in [0.05, 0.1) is 0 Å². The predicted octanol–water partition coefficient (Wildman–Crippen LogP) is 8.95. The van der Waals surface area contributed by atoms with E-state index >= 15 is 0 Å². The van der Waals surface area contributed by atoms with Gasteiger partial charge in [-0.1, -0.05) is 98.8 Å². The summed E-state index contributed by atoms with van der Waals surface area (Å²) in [5, 5.41) is 0. The molecule has 5 aromatic rings. The molecule has 0 heterocycles. The molecule has 2 N–H and O–H groups in total. The molecule has 0 radical (unpaired) electrons. The quantitative estimate of drug-likeness (QED) is 0.192. The number of amidine groups is 1. The van der Waals surface area contributed by atoms with Crippen LogP contribution in [0.5, 0.6) is 0 Å². The minimum atomic E-state index is -0.109. The molecule has 2 nitrogen and oxygen atoms in total. The van der Waals surface area contributed by atoms with Crippen molar-refractivity contribution in [2.45, 2.75) is 33.1 Å². The Morgan fingerprint density at radius 2 is 1.31 bits per heavy atom. The molecule has 0 atom stereocenters. The van der Waals surface area contributed by atoms with E-state index in [2.05, 4.69) is 136 Å². The zero-order valence-electron chi connectivity index (χ0n) is 23.3. The Balaban J connectivity index is 1.71. The zero-order valence-corrected chi connectivity index (χ0v) is 23.3. The molecule has 0 fully saturated rings. The topological polar surface area (TPSA) is 38.4 Å². The molecular weight excluding hydrogens is 472 g/mol. The van der Waals surface area contributed by atoms with E-state index in [-0.39, 0.29) is 5.41 Å². The molecule has 0 amide bonds. The van der Waals surface area contributed by atoms with Crippen molar-refractivity contribution in [3.63, 3.8) is 0 Å². The highest BCUT2D eigenvalue weighted by Gasteiger charge is 2.38. The van der Waals surface area contributed by atoms with E-state index in [1.54, 1.807) is 7.05 Å². The summed E-state index contributed by atoms with van der Waals surface area (Å²) >= 11 is 0. The molecule has 1 aliphatic carbocycles. The van der Waals surface area contributed by atoms with Crippen LogP contribution in [0, 0.1) is 13.8 Å². The summed E-state index contributed by atoms with van der Waals surface area (Å²) in [6, 6.07) is 37.5. The Bertz CT molecular complexity index is 1760. The van der Waals surface area contributed by atoms with Gasteiger partial charge in [-0.3, -0.25) is 4.99 Å². The van der Waals surface area contributed by atoms with Crippen LogP contribution in [0.4, 0.5) is 0 Å². The summed E-state index contributed by atoms with van der Waals surface area (Å²) in [6.07, 6.45) is 0. The van der Waals surface area contributed by atoms with Crippen LogP contribution < -0.4 is 5.73 Å². The van der Waals surface area contributed by atoms with Crippen LogP contribution in [0.2, 0.25) is 0 Å². The van der Waals surface area contributed by atoms with E-state index in [0.29, 0.717) is 5.84 Å². The smallest absolute Gasteiger partial charge is 0.125 e. The van der Waals surface area contributed by atoms with E-state index in [1.165, 1.54) is 61.2 Å². The van der Waals surface area contributed by atoms with Crippen molar-refractivity contribution >= 4 is 5.84 Å². The molecule has 0 bridgehead atoms. The lowest BCUT2D eigenvalue weighted by atomic mass is 9.77. The van der Waals surface area contributed by atoms with Gasteiger partial charge in [0.15, 0.2) is 0 Å². The van der Waals surface area contributed by atoms with Crippen LogP contribution in [0.25, 0.3) is 44.5 Å². The Labute approximate surface area is 231 Å². The van der Waals surface area contributed by atoms with Gasteiger partial charge in [-0.2, -0.15) is 0 Å². The lowest BCUT2D eigenvalue weighted by Gasteiger charge is -2.26. The minimum absolute atomic E-state index is 0.109. The first-order chi connectivity index (χ1) is 18.8. The first-order valence-corrected chi connectivity index (χ1v) is 13.6. The first kappa shape index (κ1) is 24.9. The maximum absolute atomic E-state index is 6.32. The van der Waals surface area contributed by atoms with Crippen molar-refractivity contribution in [2.75, 3.05) is 7.05 Å². The number of benzene rings is 5. The highest BCUT2D eigenvalue weighted by Crippen LogP contribution is 2.54. The highest BCUT2D eigenvalue weighted by molar-refractivity contribution is 6.01. The number of fused-ring (bicyclic) bond motifs is 3. The summed E-state index contributed by atoms with van der Waals surface area (Å²) in [5.74, 6) is 0.540. The standard InChI is InChI=1S/C37H34N2/c1-23-15-16-26(19-24(23)2)32-21-28(22-33-30-13-9-10-14-34(30)37(3,4)35(32)33)31-20-27(36(38)39-5)17-18-29(31)25-11-7-6-8-12-25/h6-22H,1-5H3,(H2,38,39). The van der Waals surface area contributed by atoms with Gasteiger partial charge >= 0.3 is 0 Å². The molecule has 5 aromatic carbocycles. The van der Waals surface area contributed by atoms with Crippen molar-refractivity contribution < 1.29 is 0 Å². The highest BCUT2D eigenvalue weighted by atomic mass is 14.8. The summed E-state index contributed by atoms with van der Waals surface area (Å²) in [7, 11) is 1.74. The van der Waals surface area contributed by atoms with E-state index in [4.69, 9.17) is 5.73 Å². The third-order valence-corrected chi connectivity index (χ3v) is 8.42. The van der Waals surface area contributed by atoms with E-state index < -0.39 is 0 Å². The summed E-state index contributed by atoms with van der Waals surface area (Å²) in [6.45, 7) is 9.09. The van der Waals surface area contributed by atoms with Crippen LogP contribution in [0.1, 0.15) is 41.7 Å². The van der Waals surface area contributed by atoms with E-state index in [1.807, 2.05) is 0 Å². The van der Waals surface area contributed by atoms with Crippen molar-refractivity contribution in [1.82, 2.24) is 0 Å². The lowest BCUT2D eigenvalue weighted by molar-refractivity contribution is 0.662. The normalized spacial score (nSPS) is 13.7. The second-order valence-corrected chi connectivity index (χ2v) is 11.2. The van der Waals surface area contributed by atoms with Crippen LogP contribution in [-0.2, 0) is 5.41 Å². The molecule has 2 heteroatoms. The van der Waals surface area contributed by atoms with Gasteiger partial charge in [-0.05, 0) is 98.8 Å². The molecule has 39 heavy (non-hydrogen) atoms. The fourth-order valence-corrected chi connectivity index (χ4v) is 6.16. The Morgan fingerprint density at radius 1 is 0.590 bits per heavy atom. The molecule has 1 aliphatic rings. The van der Waals surface area contributed by atoms with Crippen molar-refractivity contribution in [3.8, 4) is 44.5 Å². The van der Waals surface area contributed by atoms with Crippen LogP contribution in [0.15, 0.2) is 108 Å². The Hall–Kier alpha value is -4.43. The second-order valence-electron chi connectivity index (χ2n) is 11.2. The monoisotopic (exact) mass is 506 g/mol. The lowest BCUT2D eigenvalue weighted by Crippen LogP contribution is -2.16. The number of hydrogen-bond donors (Lipinski definition) is 1. The third-order valence-electron chi connectivity index (χ3n) is 8.42. The number of hydrogen-bond acceptors (Lipinski definition) is 1. The number of nitrogens with two attached hydrogens (primary N) is 1. The molecule has 192 valence electrons. The number of rotatable bonds is 4. The van der Waals surface area contributed by atoms with Crippen molar-refractivity contribution in [2.24, 2.45) is 10.7 Å². The zero-order chi connectivity index (χ0) is 27.3. The number of aryl methyl sites for hydroxylation is 2. The molecular formula is C37H34N2. The minimum Gasteiger partial charge on any atom is -0.384 e. The Kier molecular flexibility index (Phi) is 5.99. The van der Waals surface area contributed by atoms with Gasteiger partial charge < -0.3 is 5.73 Å². The van der Waals surface area contributed by atoms with Gasteiger partial charge in [0, 0.05) is 18.0 Å². The molecule has 0 aliphatic heterocycles. The second kappa shape index (κ2) is 9.39. The number of nitrogens with zero attached hydrogens (tertiary/aromatic N) is 1. The molecule has 0 unspecified atom stereocenters. The maximum atomic E-state index is 6.32. The number of aliphatic imine (C=N–C) groups is 1. The van der Waals surface area contributed by atoms with Crippen molar-refractivity contribution in [3.05, 3.63) is 131 Å². The molecule has 0 aromatic heterocycles. The molecule has 0 saturated heterocycles. The fourth-order valence-electron chi connectivity index (χ4n) is 6.16. The van der Waals surface area contributed by atoms with Gasteiger partial charge in [-0.15, -0.1) is 0 Å². The predicted molar refractivity (Wildman–Crippen MR) is 166 cm³/mol. The van der Waals surface area contributed by atoms with Gasteiger partial charge in [-0.25, -0.2) is 0 Å². The molecule has 0 saturated carbocycles. The summed E-state index contributed by atoms with van der Waals surface area (Å²) in [4.78, 5) is 4.28. The Morgan fingerprint density at radius 3 is 2.05 bits per heavy atom. The largest absolute Gasteiger partial charge is 0.384 e. The average Bonchev–Trinajstić information content (AvgIpc) is 3.20. The molecule has 0 spiro atoms. The SMILES string of the molecule is CN=C(N)c1ccc(-c2ccccc2)c(-c2cc(-c3ccc(C)c(C)c3)c3c(c2)-c2ccccc2C3(C)C)c1. The maximum Gasteiger partial charge on any atom is 0.125 e. The van der Waals surface area contributed by atoms with Crippen molar-refractivity contribution in [1.29, 1.82) is 0 Å². The van der Waals surface area contributed by atoms with E-state index in [0.717, 1.165) is 11.1 Å². The fraction of sp³-hybridized carbons (Fsp3) is 0.162. The van der Waals surface area contributed by atoms with Gasteiger partial charge in [0.25, 0.3) is 0 Å². The van der Waals surface area contributed by atoms with Crippen LogP contribution >= 0.6 is 0 Å².